The lowest BCUT2D eigenvalue weighted by Crippen LogP contribution is -2.56. The molecule has 196 valence electrons. The number of benzene rings is 1. The van der Waals surface area contributed by atoms with Crippen molar-refractivity contribution in [2.45, 2.75) is 98.2 Å². The molecule has 6 heteroatoms. The van der Waals surface area contributed by atoms with Crippen LogP contribution in [0.1, 0.15) is 82.4 Å². The van der Waals surface area contributed by atoms with Crippen LogP contribution in [0.25, 0.3) is 0 Å². The third kappa shape index (κ3) is 8.04. The van der Waals surface area contributed by atoms with Gasteiger partial charge in [-0.3, -0.25) is 14.5 Å². The smallest absolute Gasteiger partial charge is 0.242 e. The number of nitrogens with one attached hydrogen (secondary N) is 2. The summed E-state index contributed by atoms with van der Waals surface area (Å²) in [5.41, 5.74) is 3.59. The fourth-order valence-corrected chi connectivity index (χ4v) is 5.50. The Hall–Kier alpha value is -1.92. The van der Waals surface area contributed by atoms with Gasteiger partial charge < -0.3 is 15.4 Å². The van der Waals surface area contributed by atoms with Crippen molar-refractivity contribution in [3.05, 3.63) is 34.9 Å². The average Bonchev–Trinajstić information content (AvgIpc) is 2.80. The van der Waals surface area contributed by atoms with Gasteiger partial charge in [-0.25, -0.2) is 0 Å². The Kier molecular flexibility index (Phi) is 10.2. The van der Waals surface area contributed by atoms with Crippen LogP contribution < -0.4 is 10.6 Å². The molecule has 0 radical (unpaired) electrons. The van der Waals surface area contributed by atoms with E-state index < -0.39 is 11.5 Å². The number of nitrogens with zero attached hydrogens (tertiary/aromatic N) is 1. The van der Waals surface area contributed by atoms with Crippen molar-refractivity contribution in [1.29, 1.82) is 0 Å². The molecule has 1 spiro atoms. The van der Waals surface area contributed by atoms with E-state index in [4.69, 9.17) is 4.74 Å². The zero-order valence-electron chi connectivity index (χ0n) is 22.6. The summed E-state index contributed by atoms with van der Waals surface area (Å²) in [5, 5.41) is 6.26. The molecule has 2 aliphatic heterocycles. The number of aryl methyl sites for hydroxylation is 2. The molecule has 2 atom stereocenters. The summed E-state index contributed by atoms with van der Waals surface area (Å²) in [6.07, 6.45) is 6.27. The maximum atomic E-state index is 13.8. The number of carbonyl (C=O) groups is 2. The van der Waals surface area contributed by atoms with Crippen LogP contribution >= 0.6 is 0 Å². The predicted octanol–water partition coefficient (Wildman–Crippen LogP) is 4.51. The van der Waals surface area contributed by atoms with Crippen molar-refractivity contribution in [1.82, 2.24) is 15.5 Å². The normalized spacial score (nSPS) is 25.2. The van der Waals surface area contributed by atoms with Crippen LogP contribution in [-0.4, -0.2) is 55.1 Å². The molecule has 2 heterocycles. The van der Waals surface area contributed by atoms with Crippen molar-refractivity contribution >= 4 is 11.8 Å². The summed E-state index contributed by atoms with van der Waals surface area (Å²) in [5.74, 6) is 0.292. The molecule has 6 nitrogen and oxygen atoms in total. The summed E-state index contributed by atoms with van der Waals surface area (Å²) in [4.78, 5) is 29.4. The maximum Gasteiger partial charge on any atom is 0.242 e. The van der Waals surface area contributed by atoms with Crippen LogP contribution in [0.4, 0.5) is 0 Å². The van der Waals surface area contributed by atoms with Gasteiger partial charge in [-0.05, 0) is 83.0 Å². The number of rotatable bonds is 4. The van der Waals surface area contributed by atoms with E-state index in [2.05, 4.69) is 61.4 Å². The van der Waals surface area contributed by atoms with E-state index in [-0.39, 0.29) is 17.9 Å². The van der Waals surface area contributed by atoms with Gasteiger partial charge in [0.2, 0.25) is 11.8 Å². The fraction of sp³-hybridized carbons (Fsp3) is 0.724. The molecule has 2 saturated heterocycles. The molecule has 0 aromatic heterocycles. The van der Waals surface area contributed by atoms with Gasteiger partial charge in [-0.1, -0.05) is 50.5 Å². The summed E-state index contributed by atoms with van der Waals surface area (Å²) >= 11 is 0. The highest BCUT2D eigenvalue weighted by Crippen LogP contribution is 2.38. The van der Waals surface area contributed by atoms with Gasteiger partial charge in [0.05, 0.1) is 12.0 Å². The SMILES string of the molecule is Cc1ccc(CN2CCC3(CCCCCOC[C@@H](C)NC(=O)[C@H](CC(C)C)NC3=O)CC2)c(C)c1. The first-order valence-corrected chi connectivity index (χ1v) is 13.7. The lowest BCUT2D eigenvalue weighted by atomic mass is 9.73. The molecule has 2 N–H and O–H groups in total. The molecule has 1 aromatic rings. The maximum absolute atomic E-state index is 13.8. The van der Waals surface area contributed by atoms with Gasteiger partial charge in [-0.15, -0.1) is 0 Å². The van der Waals surface area contributed by atoms with E-state index in [0.29, 0.717) is 25.6 Å². The van der Waals surface area contributed by atoms with E-state index in [1.165, 1.54) is 16.7 Å². The first-order chi connectivity index (χ1) is 16.7. The molecule has 0 bridgehead atoms. The van der Waals surface area contributed by atoms with Crippen molar-refractivity contribution in [2.75, 3.05) is 26.3 Å². The molecule has 0 saturated carbocycles. The number of hydrogen-bond acceptors (Lipinski definition) is 4. The van der Waals surface area contributed by atoms with Gasteiger partial charge >= 0.3 is 0 Å². The minimum absolute atomic E-state index is 0.0700. The van der Waals surface area contributed by atoms with Crippen molar-refractivity contribution in [3.8, 4) is 0 Å². The summed E-state index contributed by atoms with van der Waals surface area (Å²) in [6.45, 7) is 14.4. The van der Waals surface area contributed by atoms with Gasteiger partial charge in [0.15, 0.2) is 0 Å². The number of carbonyl (C=O) groups excluding carboxylic acids is 2. The molecule has 2 aliphatic rings. The predicted molar refractivity (Wildman–Crippen MR) is 141 cm³/mol. The second kappa shape index (κ2) is 12.9. The van der Waals surface area contributed by atoms with Gasteiger partial charge in [0.25, 0.3) is 0 Å². The monoisotopic (exact) mass is 485 g/mol. The summed E-state index contributed by atoms with van der Waals surface area (Å²) < 4.78 is 5.79. The quantitative estimate of drug-likeness (QED) is 0.658. The van der Waals surface area contributed by atoms with E-state index in [1.54, 1.807) is 0 Å². The van der Waals surface area contributed by atoms with Crippen molar-refractivity contribution in [2.24, 2.45) is 11.3 Å². The number of ether oxygens (including phenoxy) is 1. The van der Waals surface area contributed by atoms with Crippen LogP contribution in [0.3, 0.4) is 0 Å². The van der Waals surface area contributed by atoms with Crippen LogP contribution in [0.15, 0.2) is 18.2 Å². The van der Waals surface area contributed by atoms with Gasteiger partial charge in [0, 0.05) is 19.2 Å². The third-order valence-electron chi connectivity index (χ3n) is 7.72. The Bertz CT molecular complexity index is 846. The molecule has 3 rings (SSSR count). The fourth-order valence-electron chi connectivity index (χ4n) is 5.50. The highest BCUT2D eigenvalue weighted by Gasteiger charge is 2.42. The number of hydrogen-bond donors (Lipinski definition) is 2. The Morgan fingerprint density at radius 2 is 1.80 bits per heavy atom. The van der Waals surface area contributed by atoms with Crippen LogP contribution in [0.5, 0.6) is 0 Å². The first kappa shape index (κ1) is 27.7. The molecule has 1 aromatic carbocycles. The zero-order chi connectivity index (χ0) is 25.4. The molecule has 0 unspecified atom stereocenters. The molecule has 35 heavy (non-hydrogen) atoms. The Morgan fingerprint density at radius 3 is 2.49 bits per heavy atom. The van der Waals surface area contributed by atoms with Crippen LogP contribution in [0.2, 0.25) is 0 Å². The minimum atomic E-state index is -0.502. The van der Waals surface area contributed by atoms with E-state index in [1.807, 2.05) is 6.92 Å². The second-order valence-corrected chi connectivity index (χ2v) is 11.4. The highest BCUT2D eigenvalue weighted by molar-refractivity contribution is 5.90. The van der Waals surface area contributed by atoms with Crippen LogP contribution in [0, 0.1) is 25.2 Å². The Morgan fingerprint density at radius 1 is 1.06 bits per heavy atom. The van der Waals surface area contributed by atoms with Crippen LogP contribution in [-0.2, 0) is 20.9 Å². The van der Waals surface area contributed by atoms with Gasteiger partial charge in [-0.2, -0.15) is 0 Å². The Balaban J connectivity index is 1.72. The molecular weight excluding hydrogens is 438 g/mol. The summed E-state index contributed by atoms with van der Waals surface area (Å²) in [7, 11) is 0. The topological polar surface area (TPSA) is 70.7 Å². The van der Waals surface area contributed by atoms with Gasteiger partial charge in [0.1, 0.15) is 6.04 Å². The molecular formula is C29H47N3O3. The van der Waals surface area contributed by atoms with Crippen molar-refractivity contribution < 1.29 is 14.3 Å². The lowest BCUT2D eigenvalue weighted by molar-refractivity contribution is -0.139. The molecule has 0 aliphatic carbocycles. The largest absolute Gasteiger partial charge is 0.379 e. The standard InChI is InChI=1S/C29H47N3O3/c1-21(2)17-26-27(33)30-24(5)20-35-16-8-6-7-11-29(28(34)31-26)12-14-32(15-13-29)19-25-10-9-22(3)18-23(25)4/h9-10,18,21,24,26H,6-8,11-17,19-20H2,1-5H3,(H,30,33)(H,31,34)/t24-,26+/m1/s1. The zero-order valence-corrected chi connectivity index (χ0v) is 22.6. The number of piperidine rings is 1. The van der Waals surface area contributed by atoms with Crippen molar-refractivity contribution in [3.63, 3.8) is 0 Å². The molecule has 2 amide bonds. The third-order valence-corrected chi connectivity index (χ3v) is 7.72. The molecule has 2 fully saturated rings. The summed E-state index contributed by atoms with van der Waals surface area (Å²) in [6, 6.07) is 6.10. The second-order valence-electron chi connectivity index (χ2n) is 11.4. The van der Waals surface area contributed by atoms with E-state index >= 15 is 0 Å². The highest BCUT2D eigenvalue weighted by atomic mass is 16.5. The van der Waals surface area contributed by atoms with E-state index in [0.717, 1.165) is 58.2 Å². The number of amides is 2. The average molecular weight is 486 g/mol. The first-order valence-electron chi connectivity index (χ1n) is 13.7. The lowest BCUT2D eigenvalue weighted by Gasteiger charge is -2.42. The minimum Gasteiger partial charge on any atom is -0.379 e. The number of likely N-dealkylation sites (tertiary alicyclic amines) is 1. The Labute approximate surface area is 212 Å². The van der Waals surface area contributed by atoms with E-state index in [9.17, 15) is 9.59 Å².